The van der Waals surface area contributed by atoms with Crippen molar-refractivity contribution >= 4 is 29.0 Å². The zero-order chi connectivity index (χ0) is 15.4. The molecule has 0 fully saturated rings. The molecule has 0 bridgehead atoms. The molecule has 0 radical (unpaired) electrons. The van der Waals surface area contributed by atoms with E-state index in [-0.39, 0.29) is 17.4 Å². The van der Waals surface area contributed by atoms with E-state index in [1.165, 1.54) is 24.2 Å². The number of rotatable bonds is 4. The van der Waals surface area contributed by atoms with E-state index < -0.39 is 5.91 Å². The Balaban J connectivity index is 2.22. The minimum atomic E-state index is -0.654. The van der Waals surface area contributed by atoms with E-state index in [1.807, 2.05) is 0 Å². The van der Waals surface area contributed by atoms with Gasteiger partial charge in [-0.05, 0) is 24.3 Å². The summed E-state index contributed by atoms with van der Waals surface area (Å²) in [5.74, 6) is -0.420. The zero-order valence-corrected chi connectivity index (χ0v) is 11.7. The molecular weight excluding hydrogens is 270 g/mol. The fourth-order valence-electron chi connectivity index (χ4n) is 1.70. The minimum Gasteiger partial charge on any atom is -0.364 e. The van der Waals surface area contributed by atoms with Crippen molar-refractivity contribution in [2.24, 2.45) is 5.73 Å². The molecule has 0 aliphatic heterocycles. The van der Waals surface area contributed by atoms with Crippen LogP contribution in [0.15, 0.2) is 36.7 Å². The van der Waals surface area contributed by atoms with Gasteiger partial charge in [0.25, 0.3) is 5.91 Å². The van der Waals surface area contributed by atoms with Crippen LogP contribution < -0.4 is 16.0 Å². The third kappa shape index (κ3) is 3.33. The highest BCUT2D eigenvalue weighted by atomic mass is 16.2. The Morgan fingerprint density at radius 1 is 1.14 bits per heavy atom. The van der Waals surface area contributed by atoms with E-state index in [9.17, 15) is 9.59 Å². The van der Waals surface area contributed by atoms with Crippen LogP contribution in [0.5, 0.6) is 0 Å². The van der Waals surface area contributed by atoms with Gasteiger partial charge < -0.3 is 16.0 Å². The molecule has 7 nitrogen and oxygen atoms in total. The number of nitrogens with two attached hydrogens (primary N) is 1. The van der Waals surface area contributed by atoms with Gasteiger partial charge in [-0.1, -0.05) is 0 Å². The monoisotopic (exact) mass is 285 g/mol. The Labute approximate surface area is 121 Å². The number of hydrogen-bond donors (Lipinski definition) is 2. The van der Waals surface area contributed by atoms with Crippen molar-refractivity contribution in [1.82, 2.24) is 9.97 Å². The second-order valence-corrected chi connectivity index (χ2v) is 4.37. The molecule has 3 N–H and O–H groups in total. The van der Waals surface area contributed by atoms with Crippen molar-refractivity contribution in [1.29, 1.82) is 0 Å². The number of hydrogen-bond acceptors (Lipinski definition) is 5. The van der Waals surface area contributed by atoms with Crippen LogP contribution in [0.2, 0.25) is 0 Å². The Hall–Kier alpha value is -2.96. The summed E-state index contributed by atoms with van der Waals surface area (Å²) >= 11 is 0. The molecule has 108 valence electrons. The SMILES string of the molecule is CC(=O)N(C)c1ccc(Nc2nccnc2C(N)=O)cc1. The van der Waals surface area contributed by atoms with Crippen molar-refractivity contribution in [3.05, 3.63) is 42.4 Å². The Morgan fingerprint density at radius 2 is 1.76 bits per heavy atom. The highest BCUT2D eigenvalue weighted by molar-refractivity contribution is 5.96. The standard InChI is InChI=1S/C14H15N5O2/c1-9(20)19(2)11-5-3-10(4-6-11)18-14-12(13(15)21)16-7-8-17-14/h3-8H,1-2H3,(H2,15,21)(H,17,18). The van der Waals surface area contributed by atoms with Gasteiger partial charge in [-0.2, -0.15) is 0 Å². The van der Waals surface area contributed by atoms with E-state index >= 15 is 0 Å². The Bertz CT molecular complexity index is 669. The van der Waals surface area contributed by atoms with Gasteiger partial charge in [0, 0.05) is 37.7 Å². The summed E-state index contributed by atoms with van der Waals surface area (Å²) in [4.78, 5) is 32.0. The fraction of sp³-hybridized carbons (Fsp3) is 0.143. The molecule has 21 heavy (non-hydrogen) atoms. The smallest absolute Gasteiger partial charge is 0.271 e. The van der Waals surface area contributed by atoms with Gasteiger partial charge in [-0.25, -0.2) is 9.97 Å². The minimum absolute atomic E-state index is 0.0550. The van der Waals surface area contributed by atoms with E-state index in [0.29, 0.717) is 5.69 Å². The van der Waals surface area contributed by atoms with E-state index in [0.717, 1.165) is 5.69 Å². The van der Waals surface area contributed by atoms with Gasteiger partial charge in [0.15, 0.2) is 11.5 Å². The fourth-order valence-corrected chi connectivity index (χ4v) is 1.70. The molecule has 1 aromatic heterocycles. The first-order valence-corrected chi connectivity index (χ1v) is 6.21. The molecule has 2 aromatic rings. The van der Waals surface area contributed by atoms with Gasteiger partial charge in [-0.15, -0.1) is 0 Å². The lowest BCUT2D eigenvalue weighted by Crippen LogP contribution is -2.22. The first-order valence-electron chi connectivity index (χ1n) is 6.21. The highest BCUT2D eigenvalue weighted by Crippen LogP contribution is 2.20. The van der Waals surface area contributed by atoms with Crippen LogP contribution in [-0.4, -0.2) is 28.8 Å². The van der Waals surface area contributed by atoms with Gasteiger partial charge >= 0.3 is 0 Å². The molecule has 0 spiro atoms. The van der Waals surface area contributed by atoms with Crippen LogP contribution in [0, 0.1) is 0 Å². The van der Waals surface area contributed by atoms with Crippen molar-refractivity contribution < 1.29 is 9.59 Å². The Morgan fingerprint density at radius 3 is 2.33 bits per heavy atom. The lowest BCUT2D eigenvalue weighted by Gasteiger charge is -2.15. The molecule has 1 aromatic carbocycles. The average Bonchev–Trinajstić information content (AvgIpc) is 2.47. The van der Waals surface area contributed by atoms with Crippen molar-refractivity contribution in [2.75, 3.05) is 17.3 Å². The number of nitrogens with zero attached hydrogens (tertiary/aromatic N) is 3. The molecule has 0 aliphatic carbocycles. The van der Waals surface area contributed by atoms with Crippen molar-refractivity contribution in [3.63, 3.8) is 0 Å². The predicted molar refractivity (Wildman–Crippen MR) is 79.4 cm³/mol. The van der Waals surface area contributed by atoms with Gasteiger partial charge in [-0.3, -0.25) is 9.59 Å². The molecular formula is C14H15N5O2. The summed E-state index contributed by atoms with van der Waals surface area (Å²) in [5.41, 5.74) is 6.78. The van der Waals surface area contributed by atoms with Gasteiger partial charge in [0.1, 0.15) is 0 Å². The van der Waals surface area contributed by atoms with Crippen LogP contribution in [0.1, 0.15) is 17.4 Å². The van der Waals surface area contributed by atoms with Crippen LogP contribution in [0.25, 0.3) is 0 Å². The third-order valence-corrected chi connectivity index (χ3v) is 2.92. The predicted octanol–water partition coefficient (Wildman–Crippen LogP) is 1.30. The quantitative estimate of drug-likeness (QED) is 0.881. The number of primary amides is 1. The number of anilines is 3. The summed E-state index contributed by atoms with van der Waals surface area (Å²) in [5, 5.41) is 2.97. The number of benzene rings is 1. The topological polar surface area (TPSA) is 101 Å². The lowest BCUT2D eigenvalue weighted by molar-refractivity contribution is -0.116. The summed E-state index contributed by atoms with van der Waals surface area (Å²) in [7, 11) is 1.69. The Kier molecular flexibility index (Phi) is 4.13. The molecule has 0 saturated heterocycles. The number of amides is 2. The molecule has 0 atom stereocenters. The summed E-state index contributed by atoms with van der Waals surface area (Å²) < 4.78 is 0. The maximum Gasteiger partial charge on any atom is 0.271 e. The van der Waals surface area contributed by atoms with E-state index in [2.05, 4.69) is 15.3 Å². The van der Waals surface area contributed by atoms with E-state index in [4.69, 9.17) is 5.73 Å². The second kappa shape index (κ2) is 6.00. The molecule has 0 aliphatic rings. The van der Waals surface area contributed by atoms with E-state index in [1.54, 1.807) is 31.3 Å². The van der Waals surface area contributed by atoms with Crippen LogP contribution in [-0.2, 0) is 4.79 Å². The molecule has 0 unspecified atom stereocenters. The average molecular weight is 285 g/mol. The first kappa shape index (κ1) is 14.4. The van der Waals surface area contributed by atoms with Gasteiger partial charge in [0.05, 0.1) is 0 Å². The number of aromatic nitrogens is 2. The second-order valence-electron chi connectivity index (χ2n) is 4.37. The number of carbonyl (C=O) groups is 2. The maximum absolute atomic E-state index is 11.3. The summed E-state index contributed by atoms with van der Waals surface area (Å²) in [6.45, 7) is 1.49. The number of carbonyl (C=O) groups excluding carboxylic acids is 2. The van der Waals surface area contributed by atoms with Crippen LogP contribution in [0.3, 0.4) is 0 Å². The lowest BCUT2D eigenvalue weighted by atomic mass is 10.2. The largest absolute Gasteiger partial charge is 0.364 e. The zero-order valence-electron chi connectivity index (χ0n) is 11.7. The molecule has 0 saturated carbocycles. The van der Waals surface area contributed by atoms with Crippen molar-refractivity contribution in [3.8, 4) is 0 Å². The van der Waals surface area contributed by atoms with Gasteiger partial charge in [0.2, 0.25) is 5.91 Å². The molecule has 2 amide bonds. The summed E-state index contributed by atoms with van der Waals surface area (Å²) in [6, 6.07) is 7.11. The number of nitrogens with one attached hydrogen (secondary N) is 1. The normalized spacial score (nSPS) is 10.0. The van der Waals surface area contributed by atoms with Crippen molar-refractivity contribution in [2.45, 2.75) is 6.92 Å². The molecule has 1 heterocycles. The molecule has 7 heteroatoms. The highest BCUT2D eigenvalue weighted by Gasteiger charge is 2.11. The summed E-state index contributed by atoms with van der Waals surface area (Å²) in [6.07, 6.45) is 2.86. The molecule has 2 rings (SSSR count). The first-order chi connectivity index (χ1) is 9.99. The van der Waals surface area contributed by atoms with Crippen LogP contribution >= 0.6 is 0 Å². The maximum atomic E-state index is 11.3. The van der Waals surface area contributed by atoms with Crippen LogP contribution in [0.4, 0.5) is 17.2 Å². The third-order valence-electron chi connectivity index (χ3n) is 2.92.